The Bertz CT molecular complexity index is 1000. The molecule has 3 rings (SSSR count). The summed E-state index contributed by atoms with van der Waals surface area (Å²) < 4.78 is 52.1. The van der Waals surface area contributed by atoms with E-state index in [1.54, 1.807) is 6.07 Å². The van der Waals surface area contributed by atoms with Crippen LogP contribution in [0.25, 0.3) is 11.0 Å². The number of hydrogen-bond acceptors (Lipinski definition) is 7. The molecule has 0 saturated carbocycles. The number of ether oxygens (including phenoxy) is 3. The fraction of sp³-hybridized carbons (Fsp3) is 0.400. The van der Waals surface area contributed by atoms with Crippen LogP contribution in [0.1, 0.15) is 25.5 Å². The molecule has 0 saturated heterocycles. The number of nitrogens with one attached hydrogen (secondary N) is 1. The van der Waals surface area contributed by atoms with Gasteiger partial charge in [0.2, 0.25) is 0 Å². The summed E-state index contributed by atoms with van der Waals surface area (Å²) in [5.74, 6) is 0.908. The molecule has 171 valence electrons. The molecule has 2 N–H and O–H groups in total. The predicted molar refractivity (Wildman–Crippen MR) is 118 cm³/mol. The molecule has 1 radical (unpaired) electrons. The standard InChI is InChI=1S/C16H15F2N3O4S.C4H10O.Na/c1-23-13-5-6-19-12(14(13)24-2)8-26(22)16-20-10-4-3-9(25-15(17)18)7-11(10)21-16;1-2-3-4-5;/h3-7,15H,8H2,1-2H3,(H,20,21);5H,2-4H2,1H3;. The van der Waals surface area contributed by atoms with E-state index in [9.17, 15) is 13.0 Å². The number of H-pyrrole nitrogens is 1. The van der Waals surface area contributed by atoms with Gasteiger partial charge in [-0.25, -0.2) is 4.98 Å². The number of benzene rings is 1. The van der Waals surface area contributed by atoms with Gasteiger partial charge < -0.3 is 24.3 Å². The minimum Gasteiger partial charge on any atom is -0.493 e. The summed E-state index contributed by atoms with van der Waals surface area (Å²) in [4.78, 5) is 11.3. The second kappa shape index (κ2) is 14.4. The summed E-state index contributed by atoms with van der Waals surface area (Å²) in [5, 5.41) is 8.26. The number of nitrogens with zero attached hydrogens (tertiary/aromatic N) is 2. The summed E-state index contributed by atoms with van der Waals surface area (Å²) in [6, 6.07) is 5.89. The van der Waals surface area contributed by atoms with Crippen LogP contribution in [-0.2, 0) is 16.6 Å². The van der Waals surface area contributed by atoms with Crippen LogP contribution < -0.4 is 14.2 Å². The summed E-state index contributed by atoms with van der Waals surface area (Å²) in [6.07, 6.45) is 3.57. The van der Waals surface area contributed by atoms with Gasteiger partial charge in [0.15, 0.2) is 16.7 Å². The van der Waals surface area contributed by atoms with Gasteiger partial charge in [0, 0.05) is 54.5 Å². The molecule has 2 aromatic heterocycles. The number of aliphatic hydroxyl groups is 1. The number of aromatic nitrogens is 3. The minimum absolute atomic E-state index is 0. The second-order valence-corrected chi connectivity index (χ2v) is 7.53. The molecule has 1 aromatic carbocycles. The minimum atomic E-state index is -2.92. The van der Waals surface area contributed by atoms with Crippen LogP contribution >= 0.6 is 0 Å². The molecule has 12 heteroatoms. The SMILES string of the molecule is CCCCO.COc1ccnc(CS(=O)c2nc3ccc(OC(F)F)cc3[nH]2)c1OC.[Na]. The maximum absolute atomic E-state index is 12.6. The number of fused-ring (bicyclic) bond motifs is 1. The number of methoxy groups -OCH3 is 2. The van der Waals surface area contributed by atoms with Crippen molar-refractivity contribution in [1.29, 1.82) is 0 Å². The first-order valence-electron chi connectivity index (χ1n) is 9.43. The number of aromatic amines is 1. The molecule has 1 atom stereocenters. The fourth-order valence-electron chi connectivity index (χ4n) is 2.55. The zero-order valence-electron chi connectivity index (χ0n) is 18.4. The van der Waals surface area contributed by atoms with Crippen molar-refractivity contribution in [2.45, 2.75) is 37.3 Å². The average Bonchev–Trinajstić information content (AvgIpc) is 3.17. The van der Waals surface area contributed by atoms with Crippen molar-refractivity contribution in [2.75, 3.05) is 20.8 Å². The van der Waals surface area contributed by atoms with Crippen LogP contribution in [0.4, 0.5) is 8.78 Å². The van der Waals surface area contributed by atoms with E-state index in [0.717, 1.165) is 12.8 Å². The molecule has 32 heavy (non-hydrogen) atoms. The number of aliphatic hydroxyl groups excluding tert-OH is 1. The molecule has 0 spiro atoms. The van der Waals surface area contributed by atoms with E-state index in [1.165, 1.54) is 38.6 Å². The molecule has 0 aliphatic heterocycles. The van der Waals surface area contributed by atoms with E-state index in [0.29, 0.717) is 34.8 Å². The van der Waals surface area contributed by atoms with E-state index < -0.39 is 17.4 Å². The number of alkyl halides is 2. The normalized spacial score (nSPS) is 11.3. The fourth-order valence-corrected chi connectivity index (χ4v) is 3.57. The molecule has 0 aliphatic rings. The van der Waals surface area contributed by atoms with Crippen molar-refractivity contribution in [3.05, 3.63) is 36.2 Å². The summed E-state index contributed by atoms with van der Waals surface area (Å²) in [6.45, 7) is -0.525. The molecule has 0 fully saturated rings. The zero-order chi connectivity index (χ0) is 22.8. The Balaban J connectivity index is 0.000000770. The molecule has 0 bridgehead atoms. The number of pyridine rings is 1. The topological polar surface area (TPSA) is 107 Å². The van der Waals surface area contributed by atoms with Crippen molar-refractivity contribution in [3.63, 3.8) is 0 Å². The Morgan fingerprint density at radius 2 is 1.97 bits per heavy atom. The van der Waals surface area contributed by atoms with Crippen LogP contribution in [-0.4, -0.2) is 81.3 Å². The smallest absolute Gasteiger partial charge is 0.387 e. The van der Waals surface area contributed by atoms with E-state index in [2.05, 4.69) is 26.6 Å². The Hall–Kier alpha value is -1.79. The third-order valence-electron chi connectivity index (χ3n) is 4.02. The van der Waals surface area contributed by atoms with E-state index in [1.807, 2.05) is 0 Å². The van der Waals surface area contributed by atoms with Gasteiger partial charge in [-0.05, 0) is 18.6 Å². The van der Waals surface area contributed by atoms with E-state index in [4.69, 9.17) is 14.6 Å². The molecule has 0 aliphatic carbocycles. The first-order valence-corrected chi connectivity index (χ1v) is 10.7. The quantitative estimate of drug-likeness (QED) is 0.453. The molecule has 1 unspecified atom stereocenters. The van der Waals surface area contributed by atoms with Crippen molar-refractivity contribution in [1.82, 2.24) is 15.0 Å². The van der Waals surface area contributed by atoms with E-state index in [-0.39, 0.29) is 46.2 Å². The Labute approximate surface area is 209 Å². The van der Waals surface area contributed by atoms with Crippen molar-refractivity contribution < 1.29 is 32.3 Å². The molecular formula is C20H25F2N3NaO5S. The summed E-state index contributed by atoms with van der Waals surface area (Å²) in [5.41, 5.74) is 1.38. The average molecular weight is 480 g/mol. The van der Waals surface area contributed by atoms with Gasteiger partial charge in [0.1, 0.15) is 5.75 Å². The van der Waals surface area contributed by atoms with Gasteiger partial charge in [0.05, 0.1) is 47.5 Å². The Kier molecular flexibility index (Phi) is 12.7. The van der Waals surface area contributed by atoms with Crippen LogP contribution in [0.15, 0.2) is 35.6 Å². The van der Waals surface area contributed by atoms with Crippen molar-refractivity contribution >= 4 is 51.4 Å². The van der Waals surface area contributed by atoms with Crippen LogP contribution in [0.2, 0.25) is 0 Å². The third kappa shape index (κ3) is 7.96. The van der Waals surface area contributed by atoms with Crippen LogP contribution in [0.5, 0.6) is 17.2 Å². The first-order chi connectivity index (χ1) is 14.9. The van der Waals surface area contributed by atoms with Crippen LogP contribution in [0.3, 0.4) is 0 Å². The molecule has 2 heterocycles. The Morgan fingerprint density at radius 3 is 2.53 bits per heavy atom. The summed E-state index contributed by atoms with van der Waals surface area (Å²) in [7, 11) is 1.41. The maximum Gasteiger partial charge on any atom is 0.387 e. The number of imidazole rings is 1. The molecular weight excluding hydrogens is 455 g/mol. The van der Waals surface area contributed by atoms with Crippen molar-refractivity contribution in [2.24, 2.45) is 0 Å². The van der Waals surface area contributed by atoms with Gasteiger partial charge in [-0.15, -0.1) is 0 Å². The molecule has 3 aromatic rings. The maximum atomic E-state index is 12.6. The number of halogens is 2. The molecule has 0 amide bonds. The van der Waals surface area contributed by atoms with Gasteiger partial charge in [-0.2, -0.15) is 8.78 Å². The van der Waals surface area contributed by atoms with Gasteiger partial charge >= 0.3 is 6.61 Å². The monoisotopic (exact) mass is 480 g/mol. The largest absolute Gasteiger partial charge is 0.493 e. The van der Waals surface area contributed by atoms with Gasteiger partial charge in [0.25, 0.3) is 0 Å². The predicted octanol–water partition coefficient (Wildman–Crippen LogP) is 3.28. The van der Waals surface area contributed by atoms with Gasteiger partial charge in [-0.3, -0.25) is 9.19 Å². The number of unbranched alkanes of at least 4 members (excludes halogenated alkanes) is 1. The number of rotatable bonds is 9. The van der Waals surface area contributed by atoms with E-state index >= 15 is 0 Å². The van der Waals surface area contributed by atoms with Crippen LogP contribution in [0, 0.1) is 0 Å². The van der Waals surface area contributed by atoms with Crippen molar-refractivity contribution in [3.8, 4) is 17.2 Å². The first kappa shape index (κ1) is 28.2. The second-order valence-electron chi connectivity index (χ2n) is 6.16. The third-order valence-corrected chi connectivity index (χ3v) is 5.18. The zero-order valence-corrected chi connectivity index (χ0v) is 21.2. The number of hydrogen-bond donors (Lipinski definition) is 2. The Morgan fingerprint density at radius 1 is 1.22 bits per heavy atom. The van der Waals surface area contributed by atoms with Gasteiger partial charge in [-0.1, -0.05) is 13.3 Å². The molecule has 8 nitrogen and oxygen atoms in total. The summed E-state index contributed by atoms with van der Waals surface area (Å²) >= 11 is 0.